The molecule has 2 amide bonds. The van der Waals surface area contributed by atoms with E-state index >= 15 is 0 Å². The number of alkyl carbamates (subject to hydrolysis) is 1. The molecule has 0 heterocycles. The van der Waals surface area contributed by atoms with Crippen LogP contribution in [-0.2, 0) is 30.5 Å². The lowest BCUT2D eigenvalue weighted by atomic mass is 9.98. The lowest BCUT2D eigenvalue weighted by Crippen LogP contribution is -2.47. The van der Waals surface area contributed by atoms with Gasteiger partial charge in [0.05, 0.1) is 25.6 Å². The van der Waals surface area contributed by atoms with E-state index in [1.807, 2.05) is 6.07 Å². The Morgan fingerprint density at radius 2 is 1.73 bits per heavy atom. The molecule has 0 fully saturated rings. The van der Waals surface area contributed by atoms with Gasteiger partial charge < -0.3 is 30.3 Å². The number of benzene rings is 1. The third-order valence-electron chi connectivity index (χ3n) is 4.06. The minimum Gasteiger partial charge on any atom is -0.480 e. The van der Waals surface area contributed by atoms with Crippen LogP contribution in [0.15, 0.2) is 30.3 Å². The number of hydrogen-bond donors (Lipinski definition) is 4. The summed E-state index contributed by atoms with van der Waals surface area (Å²) in [7, 11) is 0. The van der Waals surface area contributed by atoms with Gasteiger partial charge in [-0.15, -0.1) is 0 Å². The maximum absolute atomic E-state index is 12.0. The Labute approximate surface area is 174 Å². The van der Waals surface area contributed by atoms with Crippen LogP contribution >= 0.6 is 0 Å². The molecule has 0 radical (unpaired) electrons. The summed E-state index contributed by atoms with van der Waals surface area (Å²) in [5.41, 5.74) is 0.796. The van der Waals surface area contributed by atoms with Crippen molar-refractivity contribution in [3.63, 3.8) is 0 Å². The van der Waals surface area contributed by atoms with Gasteiger partial charge in [-0.2, -0.15) is 0 Å². The summed E-state index contributed by atoms with van der Waals surface area (Å²) in [5.74, 6) is -3.32. The highest BCUT2D eigenvalue weighted by atomic mass is 16.5. The SMILES string of the molecule is CCOC(=O)C[C@@H](C)[C@H](NC(=O)C[C@H](O)CNC(=O)OCc1ccccc1)C(=O)O. The normalized spacial score (nSPS) is 13.4. The molecule has 166 valence electrons. The van der Waals surface area contributed by atoms with Crippen LogP contribution in [0.1, 0.15) is 32.3 Å². The molecule has 0 aliphatic heterocycles. The van der Waals surface area contributed by atoms with E-state index in [2.05, 4.69) is 10.6 Å². The molecule has 0 saturated heterocycles. The van der Waals surface area contributed by atoms with Gasteiger partial charge in [-0.05, 0) is 18.4 Å². The van der Waals surface area contributed by atoms with Gasteiger partial charge in [0.2, 0.25) is 5.91 Å². The maximum atomic E-state index is 12.0. The first-order valence-electron chi connectivity index (χ1n) is 9.53. The number of ether oxygens (including phenoxy) is 2. The predicted molar refractivity (Wildman–Crippen MR) is 105 cm³/mol. The third kappa shape index (κ3) is 9.87. The Balaban J connectivity index is 2.39. The monoisotopic (exact) mass is 424 g/mol. The van der Waals surface area contributed by atoms with Crippen LogP contribution in [0.3, 0.4) is 0 Å². The smallest absolute Gasteiger partial charge is 0.407 e. The Hall–Kier alpha value is -3.14. The molecule has 0 saturated carbocycles. The first-order chi connectivity index (χ1) is 14.2. The number of carbonyl (C=O) groups is 4. The van der Waals surface area contributed by atoms with Gasteiger partial charge in [-0.1, -0.05) is 37.3 Å². The molecular weight excluding hydrogens is 396 g/mol. The van der Waals surface area contributed by atoms with Gasteiger partial charge in [0.1, 0.15) is 12.6 Å². The lowest BCUT2D eigenvalue weighted by molar-refractivity contribution is -0.147. The van der Waals surface area contributed by atoms with Crippen molar-refractivity contribution in [1.29, 1.82) is 0 Å². The molecule has 10 heteroatoms. The number of aliphatic carboxylic acids is 1. The van der Waals surface area contributed by atoms with Crippen LogP contribution in [0.4, 0.5) is 4.79 Å². The fourth-order valence-corrected chi connectivity index (χ4v) is 2.54. The van der Waals surface area contributed by atoms with Crippen LogP contribution in [0.25, 0.3) is 0 Å². The van der Waals surface area contributed by atoms with Gasteiger partial charge >= 0.3 is 18.0 Å². The number of carbonyl (C=O) groups excluding carboxylic acids is 3. The average Bonchev–Trinajstić information content (AvgIpc) is 2.69. The van der Waals surface area contributed by atoms with Gasteiger partial charge in [0.25, 0.3) is 0 Å². The van der Waals surface area contributed by atoms with Gasteiger partial charge in [-0.3, -0.25) is 9.59 Å². The Morgan fingerprint density at radius 1 is 1.07 bits per heavy atom. The highest BCUT2D eigenvalue weighted by Gasteiger charge is 2.29. The van der Waals surface area contributed by atoms with Crippen LogP contribution < -0.4 is 10.6 Å². The molecule has 0 aliphatic carbocycles. The summed E-state index contributed by atoms with van der Waals surface area (Å²) < 4.78 is 9.76. The molecule has 0 unspecified atom stereocenters. The number of rotatable bonds is 12. The summed E-state index contributed by atoms with van der Waals surface area (Å²) in [4.78, 5) is 46.6. The molecule has 0 aromatic heterocycles. The third-order valence-corrected chi connectivity index (χ3v) is 4.06. The van der Waals surface area contributed by atoms with Crippen molar-refractivity contribution in [2.75, 3.05) is 13.2 Å². The summed E-state index contributed by atoms with van der Waals surface area (Å²) in [6, 6.07) is 7.69. The van der Waals surface area contributed by atoms with E-state index in [9.17, 15) is 29.4 Å². The van der Waals surface area contributed by atoms with Crippen molar-refractivity contribution >= 4 is 23.9 Å². The molecule has 4 N–H and O–H groups in total. The minimum atomic E-state index is -1.32. The van der Waals surface area contributed by atoms with Crippen LogP contribution in [0.5, 0.6) is 0 Å². The number of aliphatic hydroxyl groups excluding tert-OH is 1. The molecular formula is C20H28N2O8. The summed E-state index contributed by atoms with van der Waals surface area (Å²) >= 11 is 0. The van der Waals surface area contributed by atoms with E-state index in [0.29, 0.717) is 0 Å². The second kappa shape index (κ2) is 13.2. The fourth-order valence-electron chi connectivity index (χ4n) is 2.54. The van der Waals surface area contributed by atoms with E-state index in [0.717, 1.165) is 5.56 Å². The molecule has 0 aliphatic rings. The Kier molecular flexibility index (Phi) is 10.9. The van der Waals surface area contributed by atoms with E-state index in [-0.39, 0.29) is 26.2 Å². The number of aliphatic hydroxyl groups is 1. The first-order valence-corrected chi connectivity index (χ1v) is 9.53. The molecule has 0 bridgehead atoms. The molecule has 30 heavy (non-hydrogen) atoms. The number of amides is 2. The Bertz CT molecular complexity index is 710. The van der Waals surface area contributed by atoms with Gasteiger partial charge in [0, 0.05) is 6.54 Å². The summed E-state index contributed by atoms with van der Waals surface area (Å²) in [5, 5.41) is 23.8. The zero-order valence-corrected chi connectivity index (χ0v) is 17.0. The summed E-state index contributed by atoms with van der Waals surface area (Å²) in [6.45, 7) is 3.10. The van der Waals surface area contributed by atoms with Crippen LogP contribution in [0, 0.1) is 5.92 Å². The molecule has 1 aromatic carbocycles. The van der Waals surface area contributed by atoms with E-state index in [1.54, 1.807) is 31.2 Å². The number of carboxylic acids is 1. The van der Waals surface area contributed by atoms with Crippen molar-refractivity contribution < 1.29 is 38.9 Å². The number of esters is 1. The van der Waals surface area contributed by atoms with Crippen molar-refractivity contribution in [3.05, 3.63) is 35.9 Å². The van der Waals surface area contributed by atoms with Crippen molar-refractivity contribution in [2.45, 2.75) is 45.4 Å². The highest BCUT2D eigenvalue weighted by Crippen LogP contribution is 2.11. The minimum absolute atomic E-state index is 0.0574. The number of nitrogens with one attached hydrogen (secondary N) is 2. The first kappa shape index (κ1) is 24.9. The molecule has 10 nitrogen and oxygen atoms in total. The van der Waals surface area contributed by atoms with E-state index in [4.69, 9.17) is 9.47 Å². The fraction of sp³-hybridized carbons (Fsp3) is 0.500. The van der Waals surface area contributed by atoms with Crippen LogP contribution in [0.2, 0.25) is 0 Å². The lowest BCUT2D eigenvalue weighted by Gasteiger charge is -2.21. The van der Waals surface area contributed by atoms with Gasteiger partial charge in [0.15, 0.2) is 0 Å². The molecule has 3 atom stereocenters. The average molecular weight is 424 g/mol. The molecule has 1 rings (SSSR count). The largest absolute Gasteiger partial charge is 0.480 e. The quantitative estimate of drug-likeness (QED) is 0.360. The second-order valence-electron chi connectivity index (χ2n) is 6.67. The van der Waals surface area contributed by atoms with Crippen molar-refractivity contribution in [3.8, 4) is 0 Å². The molecule has 1 aromatic rings. The van der Waals surface area contributed by atoms with Gasteiger partial charge in [-0.25, -0.2) is 9.59 Å². The van der Waals surface area contributed by atoms with E-state index in [1.165, 1.54) is 6.92 Å². The zero-order chi connectivity index (χ0) is 22.5. The molecule has 0 spiro atoms. The maximum Gasteiger partial charge on any atom is 0.407 e. The predicted octanol–water partition coefficient (Wildman–Crippen LogP) is 0.823. The zero-order valence-electron chi connectivity index (χ0n) is 17.0. The van der Waals surface area contributed by atoms with Crippen LogP contribution in [-0.4, -0.2) is 59.4 Å². The number of hydrogen-bond acceptors (Lipinski definition) is 7. The highest BCUT2D eigenvalue weighted by molar-refractivity contribution is 5.84. The van der Waals surface area contributed by atoms with Crippen molar-refractivity contribution in [1.82, 2.24) is 10.6 Å². The summed E-state index contributed by atoms with van der Waals surface area (Å²) in [6.07, 6.45) is -2.62. The van der Waals surface area contributed by atoms with E-state index < -0.39 is 48.4 Å². The van der Waals surface area contributed by atoms with Crippen molar-refractivity contribution in [2.24, 2.45) is 5.92 Å². The standard InChI is InChI=1S/C20H28N2O8/c1-3-29-17(25)9-13(2)18(19(26)27)22-16(24)10-15(23)11-21-20(28)30-12-14-7-5-4-6-8-14/h4-8,13,15,18,23H,3,9-12H2,1-2H3,(H,21,28)(H,22,24)(H,26,27)/t13-,15+,18+/m1/s1. The Morgan fingerprint density at radius 3 is 2.33 bits per heavy atom. The second-order valence-corrected chi connectivity index (χ2v) is 6.67. The topological polar surface area (TPSA) is 151 Å². The number of carboxylic acid groups (broad SMARTS) is 1.